The van der Waals surface area contributed by atoms with Gasteiger partial charge < -0.3 is 16.4 Å². The van der Waals surface area contributed by atoms with Gasteiger partial charge in [0.05, 0.1) is 5.69 Å². The molecule has 0 fully saturated rings. The molecule has 0 saturated heterocycles. The molecule has 1 aromatic heterocycles. The van der Waals surface area contributed by atoms with E-state index in [9.17, 15) is 9.59 Å². The predicted molar refractivity (Wildman–Crippen MR) is 99.1 cm³/mol. The highest BCUT2D eigenvalue weighted by Gasteiger charge is 2.25. The first-order valence-corrected chi connectivity index (χ1v) is 7.66. The van der Waals surface area contributed by atoms with Gasteiger partial charge in [-0.2, -0.15) is 5.10 Å². The highest BCUT2D eigenvalue weighted by Crippen LogP contribution is 2.17. The Balaban J connectivity index is 0.00000312. The summed E-state index contributed by atoms with van der Waals surface area (Å²) >= 11 is 0. The van der Waals surface area contributed by atoms with Crippen molar-refractivity contribution in [2.45, 2.75) is 13.8 Å². The Kier molecular flexibility index (Phi) is 6.72. The first kappa shape index (κ1) is 20.7. The molecule has 25 heavy (non-hydrogen) atoms. The van der Waals surface area contributed by atoms with Crippen LogP contribution in [0.15, 0.2) is 36.4 Å². The van der Waals surface area contributed by atoms with Gasteiger partial charge in [0.2, 0.25) is 0 Å². The number of aromatic nitrogens is 2. The Morgan fingerprint density at radius 3 is 2.36 bits per heavy atom. The summed E-state index contributed by atoms with van der Waals surface area (Å²) < 4.78 is 1.39. The predicted octanol–water partition coefficient (Wildman–Crippen LogP) is 1.45. The molecule has 0 spiro atoms. The van der Waals surface area contributed by atoms with Gasteiger partial charge in [0.15, 0.2) is 5.69 Å². The molecule has 0 aliphatic heterocycles. The van der Waals surface area contributed by atoms with E-state index in [1.165, 1.54) is 10.7 Å². The van der Waals surface area contributed by atoms with Crippen LogP contribution in [0.1, 0.15) is 34.8 Å². The summed E-state index contributed by atoms with van der Waals surface area (Å²) in [6.07, 6.45) is 0. The molecular weight excluding hydrogens is 342 g/mol. The third kappa shape index (κ3) is 4.80. The molecule has 1 heterocycles. The second-order valence-electron chi connectivity index (χ2n) is 6.56. The van der Waals surface area contributed by atoms with Gasteiger partial charge in [-0.3, -0.25) is 9.59 Å². The van der Waals surface area contributed by atoms with Crippen LogP contribution >= 0.6 is 12.4 Å². The maximum Gasteiger partial charge on any atom is 0.274 e. The monoisotopic (exact) mass is 365 g/mol. The van der Waals surface area contributed by atoms with Crippen LogP contribution < -0.4 is 11.5 Å². The summed E-state index contributed by atoms with van der Waals surface area (Å²) in [5, 5.41) is 4.27. The molecule has 0 radical (unpaired) electrons. The zero-order valence-electron chi connectivity index (χ0n) is 14.6. The van der Waals surface area contributed by atoms with Gasteiger partial charge in [0.25, 0.3) is 11.8 Å². The van der Waals surface area contributed by atoms with Crippen LogP contribution in [0, 0.1) is 5.41 Å². The van der Waals surface area contributed by atoms with Gasteiger partial charge >= 0.3 is 0 Å². The van der Waals surface area contributed by atoms with Crippen molar-refractivity contribution in [1.82, 2.24) is 14.7 Å². The molecule has 0 aliphatic rings. The second-order valence-corrected chi connectivity index (χ2v) is 6.56. The summed E-state index contributed by atoms with van der Waals surface area (Å²) in [7, 11) is 1.69. The second kappa shape index (κ2) is 8.13. The SMILES string of the molecule is CN(CC(C)(C)CN)C(=O)c1cc(C(N)=O)n(-c2ccccc2)n1.Cl. The van der Waals surface area contributed by atoms with Crippen LogP contribution in [0.3, 0.4) is 0 Å². The molecule has 0 bridgehead atoms. The fraction of sp³-hybridized carbons (Fsp3) is 0.353. The molecular formula is C17H24ClN5O2. The molecule has 2 amide bonds. The van der Waals surface area contributed by atoms with Crippen LogP contribution in [0.4, 0.5) is 0 Å². The van der Waals surface area contributed by atoms with Gasteiger partial charge in [-0.15, -0.1) is 12.4 Å². The van der Waals surface area contributed by atoms with Crippen LogP contribution in [-0.4, -0.2) is 46.6 Å². The standard InChI is InChI=1S/C17H23N5O2.ClH/c1-17(2,10-18)11-21(3)16(24)13-9-14(15(19)23)22(20-13)12-7-5-4-6-8-12;/h4-9H,10-11,18H2,1-3H3,(H2,19,23);1H. The number of amides is 2. The number of carbonyl (C=O) groups excluding carboxylic acids is 2. The van der Waals surface area contributed by atoms with E-state index in [2.05, 4.69) is 5.10 Å². The quantitative estimate of drug-likeness (QED) is 0.807. The highest BCUT2D eigenvalue weighted by molar-refractivity contribution is 5.97. The number of hydrogen-bond acceptors (Lipinski definition) is 4. The molecule has 4 N–H and O–H groups in total. The highest BCUT2D eigenvalue weighted by atomic mass is 35.5. The third-order valence-electron chi connectivity index (χ3n) is 3.75. The zero-order chi connectivity index (χ0) is 17.9. The maximum absolute atomic E-state index is 12.6. The van der Waals surface area contributed by atoms with E-state index in [4.69, 9.17) is 11.5 Å². The number of nitrogens with zero attached hydrogens (tertiary/aromatic N) is 3. The summed E-state index contributed by atoms with van der Waals surface area (Å²) in [6.45, 7) is 4.89. The molecule has 1 aromatic carbocycles. The van der Waals surface area contributed by atoms with Crippen molar-refractivity contribution in [2.24, 2.45) is 16.9 Å². The van der Waals surface area contributed by atoms with Crippen molar-refractivity contribution < 1.29 is 9.59 Å². The lowest BCUT2D eigenvalue weighted by molar-refractivity contribution is 0.0734. The van der Waals surface area contributed by atoms with E-state index in [1.807, 2.05) is 32.0 Å². The van der Waals surface area contributed by atoms with Crippen LogP contribution in [0.25, 0.3) is 5.69 Å². The number of benzene rings is 1. The lowest BCUT2D eigenvalue weighted by Gasteiger charge is -2.28. The van der Waals surface area contributed by atoms with Gasteiger partial charge in [-0.05, 0) is 24.1 Å². The Morgan fingerprint density at radius 1 is 1.24 bits per heavy atom. The van der Waals surface area contributed by atoms with Crippen LogP contribution in [0.2, 0.25) is 0 Å². The number of carbonyl (C=O) groups is 2. The Morgan fingerprint density at radius 2 is 1.84 bits per heavy atom. The van der Waals surface area contributed by atoms with E-state index in [-0.39, 0.29) is 35.1 Å². The van der Waals surface area contributed by atoms with Crippen LogP contribution in [0.5, 0.6) is 0 Å². The molecule has 7 nitrogen and oxygen atoms in total. The topological polar surface area (TPSA) is 107 Å². The van der Waals surface area contributed by atoms with Gasteiger partial charge in [-0.1, -0.05) is 32.0 Å². The average Bonchev–Trinajstić information content (AvgIpc) is 3.00. The van der Waals surface area contributed by atoms with Crippen molar-refractivity contribution in [3.63, 3.8) is 0 Å². The number of rotatable bonds is 6. The number of hydrogen-bond donors (Lipinski definition) is 2. The van der Waals surface area contributed by atoms with Crippen molar-refractivity contribution in [3.05, 3.63) is 47.8 Å². The summed E-state index contributed by atoms with van der Waals surface area (Å²) in [5.74, 6) is -0.927. The first-order valence-electron chi connectivity index (χ1n) is 7.66. The van der Waals surface area contributed by atoms with E-state index in [0.717, 1.165) is 0 Å². The lowest BCUT2D eigenvalue weighted by atomic mass is 9.93. The van der Waals surface area contributed by atoms with Gasteiger partial charge in [0, 0.05) is 19.7 Å². The molecule has 0 unspecified atom stereocenters. The molecule has 8 heteroatoms. The Bertz CT molecular complexity index is 743. The van der Waals surface area contributed by atoms with Crippen molar-refractivity contribution in [1.29, 1.82) is 0 Å². The van der Waals surface area contributed by atoms with Gasteiger partial charge in [-0.25, -0.2) is 4.68 Å². The fourth-order valence-electron chi connectivity index (χ4n) is 2.40. The minimum atomic E-state index is -0.643. The first-order chi connectivity index (χ1) is 11.2. The smallest absolute Gasteiger partial charge is 0.274 e. The zero-order valence-corrected chi connectivity index (χ0v) is 15.4. The van der Waals surface area contributed by atoms with Crippen molar-refractivity contribution in [2.75, 3.05) is 20.1 Å². The number of primary amides is 1. The minimum absolute atomic E-state index is 0. The number of nitrogens with two attached hydrogens (primary N) is 2. The lowest BCUT2D eigenvalue weighted by Crippen LogP contribution is -2.39. The summed E-state index contributed by atoms with van der Waals surface area (Å²) in [6, 6.07) is 10.5. The van der Waals surface area contributed by atoms with Crippen molar-refractivity contribution in [3.8, 4) is 5.69 Å². The molecule has 136 valence electrons. The van der Waals surface area contributed by atoms with Crippen LogP contribution in [-0.2, 0) is 0 Å². The van der Waals surface area contributed by atoms with E-state index < -0.39 is 5.91 Å². The summed E-state index contributed by atoms with van der Waals surface area (Å²) in [4.78, 5) is 25.9. The normalized spacial score (nSPS) is 10.9. The van der Waals surface area contributed by atoms with Gasteiger partial charge in [0.1, 0.15) is 5.69 Å². The Labute approximate surface area is 153 Å². The maximum atomic E-state index is 12.6. The summed E-state index contributed by atoms with van der Waals surface area (Å²) in [5.41, 5.74) is 11.9. The molecule has 0 aliphatic carbocycles. The van der Waals surface area contributed by atoms with E-state index in [0.29, 0.717) is 18.8 Å². The minimum Gasteiger partial charge on any atom is -0.364 e. The number of halogens is 1. The largest absolute Gasteiger partial charge is 0.364 e. The number of para-hydroxylation sites is 1. The third-order valence-corrected chi connectivity index (χ3v) is 3.75. The molecule has 0 atom stereocenters. The average molecular weight is 366 g/mol. The Hall–Kier alpha value is -2.38. The van der Waals surface area contributed by atoms with E-state index in [1.54, 1.807) is 24.1 Å². The molecule has 2 rings (SSSR count). The molecule has 2 aromatic rings. The fourth-order valence-corrected chi connectivity index (χ4v) is 2.40. The van der Waals surface area contributed by atoms with E-state index >= 15 is 0 Å². The van der Waals surface area contributed by atoms with Crippen molar-refractivity contribution >= 4 is 24.2 Å². The molecule has 0 saturated carbocycles.